The van der Waals surface area contributed by atoms with Crippen LogP contribution in [0.25, 0.3) is 10.9 Å². The summed E-state index contributed by atoms with van der Waals surface area (Å²) in [4.78, 5) is 38.5. The van der Waals surface area contributed by atoms with Crippen LogP contribution in [0.4, 0.5) is 5.69 Å². The molecular formula is C26H22Br2N4O4. The average Bonchev–Trinajstić information content (AvgIpc) is 3.21. The monoisotopic (exact) mass is 612 g/mol. The maximum Gasteiger partial charge on any atom is 0.328 e. The zero-order valence-corrected chi connectivity index (χ0v) is 22.6. The molecule has 0 aliphatic heterocycles. The van der Waals surface area contributed by atoms with Crippen LogP contribution in [0.1, 0.15) is 21.6 Å². The Kier molecular flexibility index (Phi) is 7.76. The Balaban J connectivity index is 1.55. The van der Waals surface area contributed by atoms with Gasteiger partial charge in [-0.3, -0.25) is 19.8 Å². The largest absolute Gasteiger partial charge is 0.497 e. The third-order valence-corrected chi connectivity index (χ3v) is 6.55. The highest BCUT2D eigenvalue weighted by molar-refractivity contribution is 9.10. The van der Waals surface area contributed by atoms with Crippen LogP contribution in [0.5, 0.6) is 5.75 Å². The number of rotatable bonds is 6. The molecule has 3 N–H and O–H groups in total. The van der Waals surface area contributed by atoms with Gasteiger partial charge in [-0.15, -0.1) is 0 Å². The summed E-state index contributed by atoms with van der Waals surface area (Å²) in [7, 11) is 1.57. The van der Waals surface area contributed by atoms with Gasteiger partial charge in [0.25, 0.3) is 5.91 Å². The number of carbonyl (C=O) groups excluding carboxylic acids is 3. The van der Waals surface area contributed by atoms with Gasteiger partial charge in [-0.1, -0.05) is 34.1 Å². The lowest BCUT2D eigenvalue weighted by atomic mass is 10.2. The highest BCUT2D eigenvalue weighted by Crippen LogP contribution is 2.26. The Morgan fingerprint density at radius 2 is 1.67 bits per heavy atom. The van der Waals surface area contributed by atoms with E-state index in [9.17, 15) is 14.4 Å². The lowest BCUT2D eigenvalue weighted by molar-refractivity contribution is -0.136. The maximum atomic E-state index is 13.2. The molecule has 0 saturated carbocycles. The molecule has 0 unspecified atom stereocenters. The van der Waals surface area contributed by atoms with Crippen LogP contribution in [0, 0.1) is 6.92 Å². The molecule has 3 amide bonds. The molecule has 1 aromatic heterocycles. The van der Waals surface area contributed by atoms with Gasteiger partial charge in [0.1, 0.15) is 11.4 Å². The molecule has 10 heteroatoms. The molecule has 184 valence electrons. The normalized spacial score (nSPS) is 10.7. The second kappa shape index (κ2) is 11.0. The van der Waals surface area contributed by atoms with Crippen molar-refractivity contribution >= 4 is 66.2 Å². The summed E-state index contributed by atoms with van der Waals surface area (Å²) in [6, 6.07) is 19.7. The number of halogens is 2. The second-order valence-electron chi connectivity index (χ2n) is 7.98. The number of anilines is 1. The number of fused-ring (bicyclic) bond motifs is 1. The summed E-state index contributed by atoms with van der Waals surface area (Å²) in [5.74, 6) is -1.50. The molecule has 0 fully saturated rings. The van der Waals surface area contributed by atoms with E-state index >= 15 is 0 Å². The van der Waals surface area contributed by atoms with Gasteiger partial charge in [-0.25, -0.2) is 4.68 Å². The van der Waals surface area contributed by atoms with Gasteiger partial charge in [-0.2, -0.15) is 0 Å². The minimum absolute atomic E-state index is 0.157. The summed E-state index contributed by atoms with van der Waals surface area (Å²) < 4.78 is 7.97. The number of nitrogens with one attached hydrogen (secondary N) is 3. The van der Waals surface area contributed by atoms with Gasteiger partial charge >= 0.3 is 11.8 Å². The van der Waals surface area contributed by atoms with E-state index in [1.807, 2.05) is 25.1 Å². The molecule has 3 aromatic carbocycles. The Hall–Kier alpha value is -3.63. The van der Waals surface area contributed by atoms with Gasteiger partial charge in [0.05, 0.1) is 18.3 Å². The number of carbonyl (C=O) groups is 3. The number of nitrogens with zero attached hydrogens (tertiary/aromatic N) is 1. The van der Waals surface area contributed by atoms with Crippen LogP contribution < -0.4 is 20.8 Å². The average molecular weight is 614 g/mol. The smallest absolute Gasteiger partial charge is 0.328 e. The van der Waals surface area contributed by atoms with Gasteiger partial charge in [-0.05, 0) is 82.5 Å². The van der Waals surface area contributed by atoms with E-state index in [1.165, 1.54) is 4.68 Å². The summed E-state index contributed by atoms with van der Waals surface area (Å²) in [6.45, 7) is 2.10. The summed E-state index contributed by atoms with van der Waals surface area (Å²) in [5.41, 5.74) is 5.69. The van der Waals surface area contributed by atoms with Crippen LogP contribution in [-0.4, -0.2) is 29.5 Å². The van der Waals surface area contributed by atoms with Crippen molar-refractivity contribution < 1.29 is 19.1 Å². The van der Waals surface area contributed by atoms with E-state index in [2.05, 4.69) is 47.9 Å². The van der Waals surface area contributed by atoms with Crippen molar-refractivity contribution in [2.45, 2.75) is 13.5 Å². The van der Waals surface area contributed by atoms with Crippen molar-refractivity contribution in [3.63, 3.8) is 0 Å². The first-order valence-electron chi connectivity index (χ1n) is 10.9. The lowest BCUT2D eigenvalue weighted by Crippen LogP contribution is -2.39. The molecule has 36 heavy (non-hydrogen) atoms. The van der Waals surface area contributed by atoms with Crippen molar-refractivity contribution in [1.29, 1.82) is 0 Å². The second-order valence-corrected chi connectivity index (χ2v) is 9.75. The summed E-state index contributed by atoms with van der Waals surface area (Å²) >= 11 is 6.88. The van der Waals surface area contributed by atoms with Crippen LogP contribution in [0.2, 0.25) is 0 Å². The molecule has 0 atom stereocenters. The Labute approximate surface area is 224 Å². The minimum atomic E-state index is -0.908. The van der Waals surface area contributed by atoms with Crippen LogP contribution in [-0.2, 0) is 16.1 Å². The third-order valence-electron chi connectivity index (χ3n) is 5.40. The third kappa shape index (κ3) is 5.77. The molecule has 0 aliphatic rings. The molecule has 0 bridgehead atoms. The SMILES string of the molecule is COc1ccc(CNC(=O)C(=O)Nn2c(C(=O)Nc3ccc(C)cc3Br)cc3cc(Br)ccc32)cc1. The van der Waals surface area contributed by atoms with E-state index in [-0.39, 0.29) is 12.2 Å². The quantitative estimate of drug-likeness (QED) is 0.263. The number of hydrogen-bond acceptors (Lipinski definition) is 4. The molecule has 4 aromatic rings. The highest BCUT2D eigenvalue weighted by atomic mass is 79.9. The number of benzene rings is 3. The fraction of sp³-hybridized carbons (Fsp3) is 0.115. The Morgan fingerprint density at radius 3 is 2.36 bits per heavy atom. The highest BCUT2D eigenvalue weighted by Gasteiger charge is 2.21. The van der Waals surface area contributed by atoms with Crippen molar-refractivity contribution in [1.82, 2.24) is 9.99 Å². The molecule has 0 radical (unpaired) electrons. The topological polar surface area (TPSA) is 101 Å². The lowest BCUT2D eigenvalue weighted by Gasteiger charge is -2.13. The number of aryl methyl sites for hydroxylation is 1. The van der Waals surface area contributed by atoms with Gasteiger partial charge in [0, 0.05) is 20.9 Å². The van der Waals surface area contributed by atoms with Crippen molar-refractivity contribution in [3.05, 3.63) is 92.5 Å². The Bertz CT molecular complexity index is 1470. The molecule has 0 saturated heterocycles. The van der Waals surface area contributed by atoms with Gasteiger partial charge < -0.3 is 15.4 Å². The van der Waals surface area contributed by atoms with E-state index in [1.54, 1.807) is 55.6 Å². The standard InChI is InChI=1S/C26H22Br2N4O4/c1-15-3-9-21(20(28)11-15)30-24(33)23-13-17-12-18(27)6-10-22(17)32(23)31-26(35)25(34)29-14-16-4-7-19(36-2)8-5-16/h3-13H,14H2,1-2H3,(H,29,34)(H,30,33)(H,31,35). The zero-order valence-electron chi connectivity index (χ0n) is 19.4. The van der Waals surface area contributed by atoms with Crippen LogP contribution >= 0.6 is 31.9 Å². The molecule has 0 aliphatic carbocycles. The zero-order chi connectivity index (χ0) is 25.8. The van der Waals surface area contributed by atoms with E-state index < -0.39 is 17.7 Å². The van der Waals surface area contributed by atoms with Gasteiger partial charge in [0.15, 0.2) is 0 Å². The molecule has 8 nitrogen and oxygen atoms in total. The molecule has 1 heterocycles. The van der Waals surface area contributed by atoms with Crippen molar-refractivity contribution in [2.75, 3.05) is 17.9 Å². The van der Waals surface area contributed by atoms with Crippen LogP contribution in [0.15, 0.2) is 75.7 Å². The first-order valence-corrected chi connectivity index (χ1v) is 12.4. The summed E-state index contributed by atoms with van der Waals surface area (Å²) in [6.07, 6.45) is 0. The van der Waals surface area contributed by atoms with E-state index in [0.29, 0.717) is 22.3 Å². The van der Waals surface area contributed by atoms with Crippen molar-refractivity contribution in [3.8, 4) is 5.75 Å². The van der Waals surface area contributed by atoms with Crippen molar-refractivity contribution in [2.24, 2.45) is 0 Å². The number of amides is 3. The number of hydrogen-bond donors (Lipinski definition) is 3. The van der Waals surface area contributed by atoms with E-state index in [4.69, 9.17) is 4.74 Å². The maximum absolute atomic E-state index is 13.2. The molecular weight excluding hydrogens is 592 g/mol. The number of aromatic nitrogens is 1. The molecule has 4 rings (SSSR count). The predicted molar refractivity (Wildman–Crippen MR) is 146 cm³/mol. The predicted octanol–water partition coefficient (Wildman–Crippen LogP) is 5.12. The Morgan fingerprint density at radius 1 is 0.917 bits per heavy atom. The number of ether oxygens (including phenoxy) is 1. The van der Waals surface area contributed by atoms with Gasteiger partial charge in [0.2, 0.25) is 0 Å². The number of methoxy groups -OCH3 is 1. The fourth-order valence-corrected chi connectivity index (χ4v) is 4.51. The first kappa shape index (κ1) is 25.5. The van der Waals surface area contributed by atoms with Crippen LogP contribution in [0.3, 0.4) is 0 Å². The summed E-state index contributed by atoms with van der Waals surface area (Å²) in [5, 5.41) is 6.14. The van der Waals surface area contributed by atoms with E-state index in [0.717, 1.165) is 20.1 Å². The first-order chi connectivity index (χ1) is 17.2. The molecule has 0 spiro atoms. The minimum Gasteiger partial charge on any atom is -0.497 e. The fourth-order valence-electron chi connectivity index (χ4n) is 3.54.